The second-order valence-electron chi connectivity index (χ2n) is 7.01. The molecule has 0 bridgehead atoms. The molecule has 0 radical (unpaired) electrons. The van der Waals surface area contributed by atoms with Gasteiger partial charge in [0.25, 0.3) is 11.6 Å². The summed E-state index contributed by atoms with van der Waals surface area (Å²) in [6.45, 7) is 8.04. The molecular weight excluding hydrogens is 404 g/mol. The minimum atomic E-state index is -0.458. The van der Waals surface area contributed by atoms with E-state index in [1.165, 1.54) is 13.0 Å². The Balaban J connectivity index is 1.83. The highest BCUT2D eigenvalue weighted by molar-refractivity contribution is 7.09. The smallest absolute Gasteiger partial charge is 0.293 e. The van der Waals surface area contributed by atoms with Gasteiger partial charge in [-0.3, -0.25) is 19.7 Å². The van der Waals surface area contributed by atoms with E-state index in [-0.39, 0.29) is 23.1 Å². The summed E-state index contributed by atoms with van der Waals surface area (Å²) >= 11 is 1.55. The second kappa shape index (κ2) is 9.53. The van der Waals surface area contributed by atoms with Gasteiger partial charge in [0.1, 0.15) is 5.69 Å². The van der Waals surface area contributed by atoms with Gasteiger partial charge in [0.2, 0.25) is 5.91 Å². The standard InChI is InChI=1S/C21H24N4O4S/c1-3-8-24(15-18-5-4-13-30-18)21(27)17-6-7-19(20(14-17)25(28)29)23-11-9-22(10-12-23)16(2)26/h3-7,13-14H,1,8-12,15H2,2H3. The van der Waals surface area contributed by atoms with Crippen LogP contribution < -0.4 is 4.90 Å². The van der Waals surface area contributed by atoms with E-state index in [1.54, 1.807) is 39.3 Å². The minimum absolute atomic E-state index is 0.00172. The zero-order chi connectivity index (χ0) is 21.7. The maximum absolute atomic E-state index is 13.0. The van der Waals surface area contributed by atoms with Crippen LogP contribution in [0, 0.1) is 10.1 Å². The van der Waals surface area contributed by atoms with E-state index in [1.807, 2.05) is 22.4 Å². The lowest BCUT2D eigenvalue weighted by molar-refractivity contribution is -0.384. The van der Waals surface area contributed by atoms with Crippen LogP contribution in [0.4, 0.5) is 11.4 Å². The van der Waals surface area contributed by atoms with Crippen molar-refractivity contribution in [1.82, 2.24) is 9.80 Å². The number of rotatable bonds is 7. The van der Waals surface area contributed by atoms with Crippen molar-refractivity contribution in [3.63, 3.8) is 0 Å². The zero-order valence-corrected chi connectivity index (χ0v) is 17.6. The van der Waals surface area contributed by atoms with Crippen molar-refractivity contribution in [2.45, 2.75) is 13.5 Å². The molecule has 1 aromatic heterocycles. The van der Waals surface area contributed by atoms with E-state index in [0.29, 0.717) is 45.0 Å². The number of hydrogen-bond donors (Lipinski definition) is 0. The number of nitro benzene ring substituents is 1. The molecule has 0 aliphatic carbocycles. The third-order valence-corrected chi connectivity index (χ3v) is 5.91. The van der Waals surface area contributed by atoms with Crippen LogP contribution in [0.1, 0.15) is 22.2 Å². The average molecular weight is 429 g/mol. The lowest BCUT2D eigenvalue weighted by Crippen LogP contribution is -2.48. The molecule has 1 aliphatic heterocycles. The van der Waals surface area contributed by atoms with Crippen LogP contribution >= 0.6 is 11.3 Å². The molecule has 0 saturated carbocycles. The quantitative estimate of drug-likeness (QED) is 0.384. The predicted octanol–water partition coefficient (Wildman–Crippen LogP) is 3.15. The van der Waals surface area contributed by atoms with Gasteiger partial charge in [0.15, 0.2) is 0 Å². The third-order valence-electron chi connectivity index (χ3n) is 5.05. The summed E-state index contributed by atoms with van der Waals surface area (Å²) in [5.41, 5.74) is 0.631. The van der Waals surface area contributed by atoms with Crippen molar-refractivity contribution in [2.75, 3.05) is 37.6 Å². The molecule has 1 fully saturated rings. The number of thiophene rings is 1. The van der Waals surface area contributed by atoms with E-state index < -0.39 is 4.92 Å². The topological polar surface area (TPSA) is 87.0 Å². The van der Waals surface area contributed by atoms with E-state index in [9.17, 15) is 19.7 Å². The molecule has 1 saturated heterocycles. The lowest BCUT2D eigenvalue weighted by Gasteiger charge is -2.35. The molecule has 0 atom stereocenters. The number of hydrogen-bond acceptors (Lipinski definition) is 6. The van der Waals surface area contributed by atoms with Gasteiger partial charge in [-0.2, -0.15) is 0 Å². The Kier molecular flexibility index (Phi) is 6.83. The SMILES string of the molecule is C=CCN(Cc1cccs1)C(=O)c1ccc(N2CCN(C(C)=O)CC2)c([N+](=O)[O-])c1. The van der Waals surface area contributed by atoms with Crippen LogP contribution in [0.5, 0.6) is 0 Å². The Morgan fingerprint density at radius 3 is 2.57 bits per heavy atom. The first-order valence-corrected chi connectivity index (χ1v) is 10.5. The molecular formula is C21H24N4O4S. The van der Waals surface area contributed by atoms with Crippen molar-refractivity contribution in [2.24, 2.45) is 0 Å². The first kappa shape index (κ1) is 21.5. The van der Waals surface area contributed by atoms with Crippen LogP contribution in [0.3, 0.4) is 0 Å². The number of carbonyl (C=O) groups is 2. The summed E-state index contributed by atoms with van der Waals surface area (Å²) in [4.78, 5) is 42.1. The van der Waals surface area contributed by atoms with Crippen molar-refractivity contribution in [3.8, 4) is 0 Å². The summed E-state index contributed by atoms with van der Waals surface area (Å²) in [5, 5.41) is 13.7. The highest BCUT2D eigenvalue weighted by Gasteiger charge is 2.27. The summed E-state index contributed by atoms with van der Waals surface area (Å²) in [6, 6.07) is 8.47. The first-order chi connectivity index (χ1) is 14.4. The van der Waals surface area contributed by atoms with Gasteiger partial charge >= 0.3 is 0 Å². The molecule has 158 valence electrons. The summed E-state index contributed by atoms with van der Waals surface area (Å²) in [6.07, 6.45) is 1.64. The van der Waals surface area contributed by atoms with Crippen molar-refractivity contribution < 1.29 is 14.5 Å². The molecule has 8 nitrogen and oxygen atoms in total. The zero-order valence-electron chi connectivity index (χ0n) is 16.8. The minimum Gasteiger partial charge on any atom is -0.362 e. The van der Waals surface area contributed by atoms with Crippen LogP contribution in [0.25, 0.3) is 0 Å². The van der Waals surface area contributed by atoms with Gasteiger partial charge in [-0.25, -0.2) is 0 Å². The number of piperazine rings is 1. The maximum Gasteiger partial charge on any atom is 0.293 e. The first-order valence-electron chi connectivity index (χ1n) is 9.62. The highest BCUT2D eigenvalue weighted by Crippen LogP contribution is 2.31. The molecule has 1 aromatic carbocycles. The number of nitro groups is 1. The van der Waals surface area contributed by atoms with E-state index in [2.05, 4.69) is 6.58 Å². The van der Waals surface area contributed by atoms with E-state index >= 15 is 0 Å². The third kappa shape index (κ3) is 4.85. The monoisotopic (exact) mass is 428 g/mol. The largest absolute Gasteiger partial charge is 0.362 e. The Morgan fingerprint density at radius 2 is 2.00 bits per heavy atom. The predicted molar refractivity (Wildman–Crippen MR) is 117 cm³/mol. The Hall–Kier alpha value is -3.20. The molecule has 0 spiro atoms. The molecule has 2 heterocycles. The van der Waals surface area contributed by atoms with Gasteiger partial charge in [-0.15, -0.1) is 17.9 Å². The fourth-order valence-corrected chi connectivity index (χ4v) is 4.20. The molecule has 0 unspecified atom stereocenters. The maximum atomic E-state index is 13.0. The van der Waals surface area contributed by atoms with Crippen LogP contribution in [0.2, 0.25) is 0 Å². The molecule has 30 heavy (non-hydrogen) atoms. The summed E-state index contributed by atoms with van der Waals surface area (Å²) in [7, 11) is 0. The summed E-state index contributed by atoms with van der Waals surface area (Å²) in [5.74, 6) is -0.280. The van der Waals surface area contributed by atoms with Crippen molar-refractivity contribution >= 4 is 34.5 Å². The number of carbonyl (C=O) groups excluding carboxylic acids is 2. The van der Waals surface area contributed by atoms with Crippen LogP contribution in [0.15, 0.2) is 48.4 Å². The average Bonchev–Trinajstić information content (AvgIpc) is 3.25. The van der Waals surface area contributed by atoms with Crippen LogP contribution in [-0.4, -0.2) is 59.3 Å². The van der Waals surface area contributed by atoms with E-state index in [0.717, 1.165) is 4.88 Å². The van der Waals surface area contributed by atoms with E-state index in [4.69, 9.17) is 0 Å². The van der Waals surface area contributed by atoms with Crippen molar-refractivity contribution in [1.29, 1.82) is 0 Å². The molecule has 2 amide bonds. The number of anilines is 1. The lowest BCUT2D eigenvalue weighted by atomic mass is 10.1. The van der Waals surface area contributed by atoms with Gasteiger partial charge in [-0.05, 0) is 23.6 Å². The summed E-state index contributed by atoms with van der Waals surface area (Å²) < 4.78 is 0. The second-order valence-corrected chi connectivity index (χ2v) is 8.04. The van der Waals surface area contributed by atoms with Gasteiger partial charge in [0.05, 0.1) is 11.5 Å². The van der Waals surface area contributed by atoms with Crippen molar-refractivity contribution in [3.05, 3.63) is 68.9 Å². The molecule has 0 N–H and O–H groups in total. The van der Waals surface area contributed by atoms with Gasteiger partial charge in [-0.1, -0.05) is 12.1 Å². The molecule has 2 aromatic rings. The number of benzene rings is 1. The Labute approximate surface area is 179 Å². The van der Waals surface area contributed by atoms with Crippen LogP contribution in [-0.2, 0) is 11.3 Å². The molecule has 1 aliphatic rings. The Morgan fingerprint density at radius 1 is 1.27 bits per heavy atom. The fraction of sp³-hybridized carbons (Fsp3) is 0.333. The molecule has 3 rings (SSSR count). The van der Waals surface area contributed by atoms with Gasteiger partial charge < -0.3 is 14.7 Å². The van der Waals surface area contributed by atoms with Gasteiger partial charge in [0, 0.05) is 56.2 Å². The number of amides is 2. The normalized spacial score (nSPS) is 13.8. The highest BCUT2D eigenvalue weighted by atomic mass is 32.1. The Bertz CT molecular complexity index is 936. The molecule has 9 heteroatoms. The fourth-order valence-electron chi connectivity index (χ4n) is 3.48. The number of nitrogens with zero attached hydrogens (tertiary/aromatic N) is 4.